The van der Waals surface area contributed by atoms with Crippen molar-refractivity contribution in [3.8, 4) is 0 Å². The van der Waals surface area contributed by atoms with Crippen molar-refractivity contribution in [2.24, 2.45) is 0 Å². The number of benzene rings is 2. The third-order valence-electron chi connectivity index (χ3n) is 5.47. The number of fused-ring (bicyclic) bond motifs is 1. The first-order chi connectivity index (χ1) is 14.5. The molecule has 0 fully saturated rings. The molecule has 5 nitrogen and oxygen atoms in total. The van der Waals surface area contributed by atoms with Gasteiger partial charge in [0.05, 0.1) is 28.8 Å². The van der Waals surface area contributed by atoms with Crippen molar-refractivity contribution in [3.63, 3.8) is 0 Å². The van der Waals surface area contributed by atoms with Crippen LogP contribution in [0.4, 0.5) is 4.79 Å². The van der Waals surface area contributed by atoms with Crippen molar-refractivity contribution >= 4 is 35.3 Å². The molecule has 7 heteroatoms. The van der Waals surface area contributed by atoms with Crippen LogP contribution in [0, 0.1) is 0 Å². The van der Waals surface area contributed by atoms with E-state index in [0.29, 0.717) is 15.6 Å². The average Bonchev–Trinajstić information content (AvgIpc) is 2.72. The van der Waals surface area contributed by atoms with Gasteiger partial charge in [0.15, 0.2) is 0 Å². The van der Waals surface area contributed by atoms with Gasteiger partial charge in [-0.15, -0.1) is 0 Å². The summed E-state index contributed by atoms with van der Waals surface area (Å²) >= 11 is 12.4. The fourth-order valence-corrected chi connectivity index (χ4v) is 4.31. The number of nitrogens with zero attached hydrogens (tertiary/aromatic N) is 1. The number of methoxy groups -OCH3 is 1. The van der Waals surface area contributed by atoms with Crippen molar-refractivity contribution < 1.29 is 19.1 Å². The summed E-state index contributed by atoms with van der Waals surface area (Å²) < 4.78 is 10.5. The lowest BCUT2D eigenvalue weighted by Gasteiger charge is -2.37. The van der Waals surface area contributed by atoms with Crippen LogP contribution in [-0.2, 0) is 9.47 Å². The van der Waals surface area contributed by atoms with Crippen LogP contribution in [0.5, 0.6) is 0 Å². The summed E-state index contributed by atoms with van der Waals surface area (Å²) in [5.74, 6) is -0.393. The van der Waals surface area contributed by atoms with E-state index in [0.717, 1.165) is 29.5 Å². The standard InChI is InChI=1S/C24H27Cl2NO4/c1-24(2,3)31-23(29)27(4)21-11-9-16(14-7-10-19(25)20(26)13-14)18-12-15(22(28)30-5)6-8-17(18)21/h6-8,10,12-13,16,21H,9,11H2,1-5H3/t16?,21-/m0/s1. The Labute approximate surface area is 193 Å². The quantitative estimate of drug-likeness (QED) is 0.480. The van der Waals surface area contributed by atoms with Crippen LogP contribution >= 0.6 is 23.2 Å². The van der Waals surface area contributed by atoms with Crippen LogP contribution in [0.3, 0.4) is 0 Å². The van der Waals surface area contributed by atoms with Gasteiger partial charge in [-0.1, -0.05) is 35.3 Å². The Morgan fingerprint density at radius 3 is 2.32 bits per heavy atom. The fourth-order valence-electron chi connectivity index (χ4n) is 4.00. The zero-order valence-electron chi connectivity index (χ0n) is 18.4. The van der Waals surface area contributed by atoms with Crippen LogP contribution in [0.15, 0.2) is 36.4 Å². The summed E-state index contributed by atoms with van der Waals surface area (Å²) in [7, 11) is 3.10. The van der Waals surface area contributed by atoms with E-state index in [2.05, 4.69) is 0 Å². The van der Waals surface area contributed by atoms with Gasteiger partial charge in [-0.3, -0.25) is 0 Å². The molecule has 1 unspecified atom stereocenters. The van der Waals surface area contributed by atoms with Gasteiger partial charge in [0.25, 0.3) is 0 Å². The molecule has 0 saturated carbocycles. The highest BCUT2D eigenvalue weighted by Gasteiger charge is 2.34. The van der Waals surface area contributed by atoms with Gasteiger partial charge in [-0.25, -0.2) is 9.59 Å². The van der Waals surface area contributed by atoms with E-state index in [1.807, 2.05) is 45.0 Å². The van der Waals surface area contributed by atoms with Gasteiger partial charge in [0, 0.05) is 13.0 Å². The normalized spacial score (nSPS) is 18.2. The number of carbonyl (C=O) groups excluding carboxylic acids is 2. The van der Waals surface area contributed by atoms with E-state index < -0.39 is 11.6 Å². The second-order valence-corrected chi connectivity index (χ2v) is 9.56. The van der Waals surface area contributed by atoms with E-state index in [4.69, 9.17) is 32.7 Å². The second-order valence-electron chi connectivity index (χ2n) is 8.75. The number of halogens is 2. The molecule has 166 valence electrons. The Morgan fingerprint density at radius 1 is 1.00 bits per heavy atom. The molecule has 1 aliphatic carbocycles. The summed E-state index contributed by atoms with van der Waals surface area (Å²) in [5.41, 5.74) is 2.83. The molecule has 0 aliphatic heterocycles. The van der Waals surface area contributed by atoms with Crippen molar-refractivity contribution in [3.05, 3.63) is 68.7 Å². The lowest BCUT2D eigenvalue weighted by Crippen LogP contribution is -2.38. The Kier molecular flexibility index (Phi) is 6.87. The molecule has 0 heterocycles. The second kappa shape index (κ2) is 9.09. The minimum atomic E-state index is -0.583. The summed E-state index contributed by atoms with van der Waals surface area (Å²) in [6.45, 7) is 5.53. The van der Waals surface area contributed by atoms with E-state index in [-0.39, 0.29) is 18.1 Å². The minimum Gasteiger partial charge on any atom is -0.465 e. The number of carbonyl (C=O) groups is 2. The SMILES string of the molecule is COC(=O)c1ccc2c(c1)C(c1ccc(Cl)c(Cl)c1)CC[C@@H]2N(C)C(=O)OC(C)(C)C. The highest BCUT2D eigenvalue weighted by atomic mass is 35.5. The molecule has 0 spiro atoms. The topological polar surface area (TPSA) is 55.8 Å². The predicted molar refractivity (Wildman–Crippen MR) is 122 cm³/mol. The van der Waals surface area contributed by atoms with E-state index >= 15 is 0 Å². The van der Waals surface area contributed by atoms with Gasteiger partial charge >= 0.3 is 12.1 Å². The molecular weight excluding hydrogens is 437 g/mol. The van der Waals surface area contributed by atoms with Crippen molar-refractivity contribution in [2.45, 2.75) is 51.2 Å². The molecule has 0 radical (unpaired) electrons. The molecule has 2 aromatic rings. The monoisotopic (exact) mass is 463 g/mol. The van der Waals surface area contributed by atoms with E-state index in [9.17, 15) is 9.59 Å². The largest absolute Gasteiger partial charge is 0.465 e. The molecule has 1 aliphatic rings. The van der Waals surface area contributed by atoms with E-state index in [1.165, 1.54) is 7.11 Å². The number of esters is 1. The van der Waals surface area contributed by atoms with Crippen molar-refractivity contribution in [2.75, 3.05) is 14.2 Å². The third kappa shape index (κ3) is 5.16. The molecule has 0 saturated heterocycles. The van der Waals surface area contributed by atoms with Crippen LogP contribution in [0.2, 0.25) is 10.0 Å². The Bertz CT molecular complexity index is 1000. The minimum absolute atomic E-state index is 0.0117. The van der Waals surface area contributed by atoms with Gasteiger partial charge in [0.1, 0.15) is 5.60 Å². The van der Waals surface area contributed by atoms with Crippen molar-refractivity contribution in [1.82, 2.24) is 4.90 Å². The van der Waals surface area contributed by atoms with Gasteiger partial charge in [-0.2, -0.15) is 0 Å². The average molecular weight is 464 g/mol. The summed E-state index contributed by atoms with van der Waals surface area (Å²) in [6, 6.07) is 10.9. The lowest BCUT2D eigenvalue weighted by molar-refractivity contribution is 0.0202. The molecule has 3 rings (SSSR count). The number of amides is 1. The summed E-state index contributed by atoms with van der Waals surface area (Å²) in [5, 5.41) is 0.977. The highest BCUT2D eigenvalue weighted by Crippen LogP contribution is 2.45. The summed E-state index contributed by atoms with van der Waals surface area (Å²) in [4.78, 5) is 26.5. The molecule has 0 bridgehead atoms. The maximum Gasteiger partial charge on any atom is 0.410 e. The zero-order valence-corrected chi connectivity index (χ0v) is 19.9. The predicted octanol–water partition coefficient (Wildman–Crippen LogP) is 6.61. The summed E-state index contributed by atoms with van der Waals surface area (Å²) in [6.07, 6.45) is 1.13. The first-order valence-electron chi connectivity index (χ1n) is 10.1. The molecule has 0 N–H and O–H groups in total. The molecule has 1 amide bonds. The van der Waals surface area contributed by atoms with Gasteiger partial charge in [0.2, 0.25) is 0 Å². The van der Waals surface area contributed by atoms with Crippen LogP contribution < -0.4 is 0 Å². The van der Waals surface area contributed by atoms with Crippen LogP contribution in [0.25, 0.3) is 0 Å². The molecule has 0 aromatic heterocycles. The molecule has 2 aromatic carbocycles. The van der Waals surface area contributed by atoms with Gasteiger partial charge < -0.3 is 14.4 Å². The third-order valence-corrected chi connectivity index (χ3v) is 6.21. The van der Waals surface area contributed by atoms with Crippen LogP contribution in [0.1, 0.15) is 72.6 Å². The molecular formula is C24H27Cl2NO4. The smallest absolute Gasteiger partial charge is 0.410 e. The maximum absolute atomic E-state index is 12.7. The number of hydrogen-bond acceptors (Lipinski definition) is 4. The zero-order chi connectivity index (χ0) is 22.9. The van der Waals surface area contributed by atoms with Crippen LogP contribution in [-0.4, -0.2) is 36.7 Å². The Balaban J connectivity index is 2.04. The number of ether oxygens (including phenoxy) is 2. The van der Waals surface area contributed by atoms with E-state index in [1.54, 1.807) is 24.1 Å². The fraction of sp³-hybridized carbons (Fsp3) is 0.417. The first-order valence-corrected chi connectivity index (χ1v) is 10.9. The number of hydrogen-bond donors (Lipinski definition) is 0. The Morgan fingerprint density at radius 2 is 1.71 bits per heavy atom. The highest BCUT2D eigenvalue weighted by molar-refractivity contribution is 6.42. The number of rotatable bonds is 3. The molecule has 2 atom stereocenters. The molecule has 31 heavy (non-hydrogen) atoms. The Hall–Kier alpha value is -2.24. The lowest BCUT2D eigenvalue weighted by atomic mass is 9.76. The first kappa shape index (κ1) is 23.4. The maximum atomic E-state index is 12.7. The van der Waals surface area contributed by atoms with Gasteiger partial charge in [-0.05, 0) is 74.6 Å². The van der Waals surface area contributed by atoms with Crippen molar-refractivity contribution in [1.29, 1.82) is 0 Å².